The number of carbonyl (C=O) groups excluding carboxylic acids is 1. The second kappa shape index (κ2) is 8.35. The van der Waals surface area contributed by atoms with Gasteiger partial charge in [0.2, 0.25) is 0 Å². The fraction of sp³-hybridized carbons (Fsp3) is 0.200. The fourth-order valence-corrected chi connectivity index (χ4v) is 3.51. The molecule has 3 heterocycles. The summed E-state index contributed by atoms with van der Waals surface area (Å²) in [6, 6.07) is 13.9. The van der Waals surface area contributed by atoms with E-state index >= 15 is 0 Å². The third-order valence-corrected chi connectivity index (χ3v) is 5.02. The van der Waals surface area contributed by atoms with E-state index in [0.29, 0.717) is 11.4 Å². The second-order valence-electron chi connectivity index (χ2n) is 6.42. The molecular weight excluding hydrogens is 420 g/mol. The van der Waals surface area contributed by atoms with Crippen LogP contribution in [0, 0.1) is 0 Å². The molecule has 28 heavy (non-hydrogen) atoms. The van der Waals surface area contributed by atoms with E-state index in [1.807, 2.05) is 12.1 Å². The predicted molar refractivity (Wildman–Crippen MR) is 113 cm³/mol. The Bertz CT molecular complexity index is 960. The molecule has 1 amide bonds. The third kappa shape index (κ3) is 4.28. The number of pyridine rings is 1. The van der Waals surface area contributed by atoms with Crippen molar-refractivity contribution in [1.82, 2.24) is 15.0 Å². The normalized spacial score (nSPS) is 14.0. The average molecular weight is 439 g/mol. The van der Waals surface area contributed by atoms with Gasteiger partial charge in [-0.2, -0.15) is 0 Å². The molecule has 4 rings (SSSR count). The van der Waals surface area contributed by atoms with Crippen molar-refractivity contribution in [3.8, 4) is 0 Å². The summed E-state index contributed by atoms with van der Waals surface area (Å²) in [5.74, 6) is 1.03. The van der Waals surface area contributed by atoms with E-state index in [1.165, 1.54) is 18.2 Å². The Balaban J connectivity index is 1.41. The van der Waals surface area contributed by atoms with Crippen molar-refractivity contribution in [2.24, 2.45) is 0 Å². The van der Waals surface area contributed by atoms with Gasteiger partial charge in [-0.1, -0.05) is 18.2 Å². The summed E-state index contributed by atoms with van der Waals surface area (Å²) in [6.45, 7) is 3.54. The number of anilines is 3. The Morgan fingerprint density at radius 3 is 2.46 bits per heavy atom. The zero-order chi connectivity index (χ0) is 19.3. The molecule has 8 heteroatoms. The first kappa shape index (κ1) is 18.4. The first-order valence-corrected chi connectivity index (χ1v) is 9.77. The number of halogens is 1. The van der Waals surface area contributed by atoms with Gasteiger partial charge in [-0.3, -0.25) is 9.78 Å². The minimum absolute atomic E-state index is 0.257. The second-order valence-corrected chi connectivity index (χ2v) is 7.33. The standard InChI is InChI=1S/C20H19BrN6O/c21-16-10-15(12-22-13-16)20(28)25-18-11-19(24-14-23-18)27-8-6-26(7-9-27)17-4-2-1-3-5-17/h1-5,10-14H,6-9H2,(H,23,24,25,28). The van der Waals surface area contributed by atoms with Crippen molar-refractivity contribution >= 4 is 39.2 Å². The molecule has 7 nitrogen and oxygen atoms in total. The molecule has 0 saturated carbocycles. The number of benzene rings is 1. The lowest BCUT2D eigenvalue weighted by molar-refractivity contribution is 0.102. The molecule has 1 aromatic carbocycles. The molecule has 1 saturated heterocycles. The summed E-state index contributed by atoms with van der Waals surface area (Å²) in [5.41, 5.74) is 1.70. The van der Waals surface area contributed by atoms with Gasteiger partial charge in [-0.05, 0) is 34.1 Å². The van der Waals surface area contributed by atoms with E-state index in [2.05, 4.69) is 70.3 Å². The van der Waals surface area contributed by atoms with Crippen LogP contribution in [0.4, 0.5) is 17.3 Å². The van der Waals surface area contributed by atoms with Gasteiger partial charge in [0.15, 0.2) is 0 Å². The molecule has 3 aromatic rings. The quantitative estimate of drug-likeness (QED) is 0.673. The number of carbonyl (C=O) groups is 1. The molecule has 1 aliphatic rings. The zero-order valence-corrected chi connectivity index (χ0v) is 16.7. The molecule has 0 radical (unpaired) electrons. The number of amides is 1. The van der Waals surface area contributed by atoms with Crippen LogP contribution in [0.2, 0.25) is 0 Å². The Labute approximate surface area is 171 Å². The molecular formula is C20H19BrN6O. The summed E-state index contributed by atoms with van der Waals surface area (Å²) in [6.07, 6.45) is 4.63. The first-order valence-electron chi connectivity index (χ1n) is 8.98. The predicted octanol–water partition coefficient (Wildman–Crippen LogP) is 3.21. The lowest BCUT2D eigenvalue weighted by Gasteiger charge is -2.36. The molecule has 2 aromatic heterocycles. The van der Waals surface area contributed by atoms with E-state index in [4.69, 9.17) is 0 Å². The highest BCUT2D eigenvalue weighted by Gasteiger charge is 2.19. The van der Waals surface area contributed by atoms with Gasteiger partial charge in [0.1, 0.15) is 18.0 Å². The van der Waals surface area contributed by atoms with E-state index in [0.717, 1.165) is 36.5 Å². The minimum atomic E-state index is -0.257. The van der Waals surface area contributed by atoms with Gasteiger partial charge in [0, 0.05) is 54.8 Å². The van der Waals surface area contributed by atoms with Gasteiger partial charge >= 0.3 is 0 Å². The summed E-state index contributed by atoms with van der Waals surface area (Å²) < 4.78 is 0.750. The fourth-order valence-electron chi connectivity index (χ4n) is 3.15. The number of piperazine rings is 1. The molecule has 0 aliphatic carbocycles. The highest BCUT2D eigenvalue weighted by molar-refractivity contribution is 9.10. The Morgan fingerprint density at radius 1 is 0.964 bits per heavy atom. The van der Waals surface area contributed by atoms with Crippen LogP contribution in [-0.4, -0.2) is 47.0 Å². The third-order valence-electron chi connectivity index (χ3n) is 4.59. The SMILES string of the molecule is O=C(Nc1cc(N2CCN(c3ccccc3)CC2)ncn1)c1cncc(Br)c1. The Kier molecular flexibility index (Phi) is 5.48. The van der Waals surface area contributed by atoms with Crippen LogP contribution in [0.5, 0.6) is 0 Å². The van der Waals surface area contributed by atoms with Gasteiger partial charge in [0.25, 0.3) is 5.91 Å². The number of nitrogens with one attached hydrogen (secondary N) is 1. The maximum atomic E-state index is 12.4. The van der Waals surface area contributed by atoms with Crippen LogP contribution in [0.1, 0.15) is 10.4 Å². The van der Waals surface area contributed by atoms with E-state index in [9.17, 15) is 4.79 Å². The van der Waals surface area contributed by atoms with Gasteiger partial charge in [-0.15, -0.1) is 0 Å². The molecule has 1 fully saturated rings. The van der Waals surface area contributed by atoms with Crippen LogP contribution in [0.3, 0.4) is 0 Å². The van der Waals surface area contributed by atoms with Gasteiger partial charge in [-0.25, -0.2) is 9.97 Å². The van der Waals surface area contributed by atoms with Gasteiger partial charge in [0.05, 0.1) is 5.56 Å². The summed E-state index contributed by atoms with van der Waals surface area (Å²) in [4.78, 5) is 29.5. The molecule has 0 spiro atoms. The van der Waals surface area contributed by atoms with Crippen LogP contribution >= 0.6 is 15.9 Å². The number of hydrogen-bond acceptors (Lipinski definition) is 6. The van der Waals surface area contributed by atoms with E-state index < -0.39 is 0 Å². The summed E-state index contributed by atoms with van der Waals surface area (Å²) >= 11 is 3.32. The van der Waals surface area contributed by atoms with Crippen LogP contribution in [0.25, 0.3) is 0 Å². The largest absolute Gasteiger partial charge is 0.368 e. The smallest absolute Gasteiger partial charge is 0.258 e. The molecule has 142 valence electrons. The van der Waals surface area contributed by atoms with Crippen molar-refractivity contribution < 1.29 is 4.79 Å². The molecule has 0 bridgehead atoms. The molecule has 0 atom stereocenters. The maximum absolute atomic E-state index is 12.4. The van der Waals surface area contributed by atoms with Crippen molar-refractivity contribution in [2.45, 2.75) is 0 Å². The number of hydrogen-bond donors (Lipinski definition) is 1. The number of aromatic nitrogens is 3. The Morgan fingerprint density at radius 2 is 1.71 bits per heavy atom. The van der Waals surface area contributed by atoms with E-state index in [1.54, 1.807) is 12.3 Å². The summed E-state index contributed by atoms with van der Waals surface area (Å²) in [5, 5.41) is 2.81. The van der Waals surface area contributed by atoms with Crippen molar-refractivity contribution in [2.75, 3.05) is 41.3 Å². The number of para-hydroxylation sites is 1. The van der Waals surface area contributed by atoms with Gasteiger partial charge < -0.3 is 15.1 Å². The van der Waals surface area contributed by atoms with Crippen molar-refractivity contribution in [3.63, 3.8) is 0 Å². The number of rotatable bonds is 4. The Hall–Kier alpha value is -3.00. The van der Waals surface area contributed by atoms with Crippen LogP contribution in [-0.2, 0) is 0 Å². The minimum Gasteiger partial charge on any atom is -0.368 e. The lowest BCUT2D eigenvalue weighted by Crippen LogP contribution is -2.46. The van der Waals surface area contributed by atoms with Crippen LogP contribution < -0.4 is 15.1 Å². The average Bonchev–Trinajstić information content (AvgIpc) is 2.75. The first-order chi connectivity index (χ1) is 13.7. The van der Waals surface area contributed by atoms with Crippen molar-refractivity contribution in [3.05, 3.63) is 71.2 Å². The number of nitrogens with zero attached hydrogens (tertiary/aromatic N) is 5. The molecule has 0 unspecified atom stereocenters. The lowest BCUT2D eigenvalue weighted by atomic mass is 10.2. The van der Waals surface area contributed by atoms with Crippen molar-refractivity contribution in [1.29, 1.82) is 0 Å². The van der Waals surface area contributed by atoms with E-state index in [-0.39, 0.29) is 5.91 Å². The molecule has 1 N–H and O–H groups in total. The molecule has 1 aliphatic heterocycles. The zero-order valence-electron chi connectivity index (χ0n) is 15.1. The monoisotopic (exact) mass is 438 g/mol. The topological polar surface area (TPSA) is 74.2 Å². The highest BCUT2D eigenvalue weighted by atomic mass is 79.9. The maximum Gasteiger partial charge on any atom is 0.258 e. The highest BCUT2D eigenvalue weighted by Crippen LogP contribution is 2.20. The summed E-state index contributed by atoms with van der Waals surface area (Å²) in [7, 11) is 0. The van der Waals surface area contributed by atoms with Crippen LogP contribution in [0.15, 0.2) is 65.7 Å².